The van der Waals surface area contributed by atoms with E-state index in [0.717, 1.165) is 22.6 Å². The van der Waals surface area contributed by atoms with Crippen LogP contribution in [0.3, 0.4) is 0 Å². The summed E-state index contributed by atoms with van der Waals surface area (Å²) < 4.78 is 19.0. The fourth-order valence-corrected chi connectivity index (χ4v) is 4.24. The van der Waals surface area contributed by atoms with Gasteiger partial charge in [-0.1, -0.05) is 11.6 Å². The van der Waals surface area contributed by atoms with Crippen LogP contribution < -0.4 is 10.1 Å². The van der Waals surface area contributed by atoms with Gasteiger partial charge in [-0.05, 0) is 64.3 Å². The predicted molar refractivity (Wildman–Crippen MR) is 97.3 cm³/mol. The van der Waals surface area contributed by atoms with Crippen molar-refractivity contribution in [1.29, 1.82) is 0 Å². The van der Waals surface area contributed by atoms with Crippen molar-refractivity contribution in [1.82, 2.24) is 5.32 Å². The van der Waals surface area contributed by atoms with Crippen LogP contribution >= 0.6 is 39.3 Å². The maximum atomic E-state index is 13.1. The average Bonchev–Trinajstić information content (AvgIpc) is 2.54. The summed E-state index contributed by atoms with van der Waals surface area (Å²) in [5.74, 6) is 0.763. The van der Waals surface area contributed by atoms with E-state index >= 15 is 0 Å². The summed E-state index contributed by atoms with van der Waals surface area (Å²) in [6, 6.07) is 9.72. The Balaban J connectivity index is 1.63. The van der Waals surface area contributed by atoms with Crippen LogP contribution in [0.15, 0.2) is 45.8 Å². The van der Waals surface area contributed by atoms with Crippen molar-refractivity contribution >= 4 is 45.2 Å². The molecule has 0 spiro atoms. The van der Waals surface area contributed by atoms with Gasteiger partial charge in [-0.3, -0.25) is 4.79 Å². The van der Waals surface area contributed by atoms with E-state index in [9.17, 15) is 9.18 Å². The molecule has 2 aromatic rings. The quantitative estimate of drug-likeness (QED) is 0.744. The minimum Gasteiger partial charge on any atom is -0.483 e. The zero-order valence-electron chi connectivity index (χ0n) is 12.5. The molecule has 1 unspecified atom stereocenters. The summed E-state index contributed by atoms with van der Waals surface area (Å²) in [4.78, 5) is 13.3. The second kappa shape index (κ2) is 7.76. The monoisotopic (exact) mass is 429 g/mol. The van der Waals surface area contributed by atoms with Gasteiger partial charge in [0.05, 0.1) is 10.5 Å². The number of hydrogen-bond acceptors (Lipinski definition) is 3. The van der Waals surface area contributed by atoms with Gasteiger partial charge < -0.3 is 10.1 Å². The number of benzene rings is 2. The first-order valence-corrected chi connectivity index (χ1v) is 9.48. The first-order chi connectivity index (χ1) is 11.5. The molecule has 3 rings (SSSR count). The summed E-state index contributed by atoms with van der Waals surface area (Å²) in [7, 11) is 0. The lowest BCUT2D eigenvalue weighted by atomic mass is 10.0. The smallest absolute Gasteiger partial charge is 0.258 e. The third-order valence-electron chi connectivity index (χ3n) is 3.60. The van der Waals surface area contributed by atoms with Crippen molar-refractivity contribution in [3.63, 3.8) is 0 Å². The fraction of sp³-hybridized carbons (Fsp3) is 0.235. The van der Waals surface area contributed by atoms with Crippen LogP contribution in [-0.2, 0) is 4.79 Å². The summed E-state index contributed by atoms with van der Waals surface area (Å²) >= 11 is 11.0. The van der Waals surface area contributed by atoms with Crippen LogP contribution in [0.5, 0.6) is 5.75 Å². The van der Waals surface area contributed by atoms with Gasteiger partial charge in [0.1, 0.15) is 11.6 Å². The number of halogens is 3. The summed E-state index contributed by atoms with van der Waals surface area (Å²) in [6.07, 6.45) is 0.837. The maximum absolute atomic E-state index is 13.1. The second-order valence-corrected chi connectivity index (χ2v) is 7.73. The number of rotatable bonds is 4. The van der Waals surface area contributed by atoms with Crippen molar-refractivity contribution in [3.8, 4) is 5.75 Å². The van der Waals surface area contributed by atoms with Gasteiger partial charge in [-0.2, -0.15) is 0 Å². The van der Waals surface area contributed by atoms with Crippen molar-refractivity contribution in [2.45, 2.75) is 17.4 Å². The minimum absolute atomic E-state index is 0.0762. The average molecular weight is 431 g/mol. The molecule has 7 heteroatoms. The number of carbonyl (C=O) groups excluding carboxylic acids is 1. The van der Waals surface area contributed by atoms with Crippen molar-refractivity contribution < 1.29 is 13.9 Å². The van der Waals surface area contributed by atoms with E-state index in [4.69, 9.17) is 16.3 Å². The Morgan fingerprint density at radius 1 is 1.38 bits per heavy atom. The van der Waals surface area contributed by atoms with Gasteiger partial charge in [-0.25, -0.2) is 4.39 Å². The Kier molecular flexibility index (Phi) is 5.69. The van der Waals surface area contributed by atoms with E-state index in [1.54, 1.807) is 11.8 Å². The van der Waals surface area contributed by atoms with Crippen LogP contribution in [0.4, 0.5) is 4.39 Å². The summed E-state index contributed by atoms with van der Waals surface area (Å²) in [6.45, 7) is -0.135. The largest absolute Gasteiger partial charge is 0.483 e. The minimum atomic E-state index is -0.369. The number of thioether (sulfide) groups is 1. The molecule has 1 atom stereocenters. The Morgan fingerprint density at radius 3 is 3.00 bits per heavy atom. The summed E-state index contributed by atoms with van der Waals surface area (Å²) in [5, 5.41) is 3.63. The Hall–Kier alpha value is -1.24. The van der Waals surface area contributed by atoms with Gasteiger partial charge in [0.25, 0.3) is 5.91 Å². The molecule has 0 radical (unpaired) electrons. The lowest BCUT2D eigenvalue weighted by Gasteiger charge is -2.26. The van der Waals surface area contributed by atoms with Gasteiger partial charge in [0.2, 0.25) is 0 Å². The topological polar surface area (TPSA) is 38.3 Å². The second-order valence-electron chi connectivity index (χ2n) is 5.30. The number of amides is 1. The standard InChI is InChI=1S/C17H14BrClFNO2S/c18-13-8-11(20)2-3-15(13)23-9-17(22)21-14-5-6-24-16-4-1-10(19)7-12(14)16/h1-4,7-8,14H,5-6,9H2,(H,21,22). The molecule has 1 aliphatic rings. The van der Waals surface area contributed by atoms with Crippen molar-refractivity contribution in [2.24, 2.45) is 0 Å². The van der Waals surface area contributed by atoms with Crippen LogP contribution in [0, 0.1) is 5.82 Å². The number of ether oxygens (including phenoxy) is 1. The van der Waals surface area contributed by atoms with E-state index in [1.807, 2.05) is 18.2 Å². The van der Waals surface area contributed by atoms with Crippen LogP contribution in [0.25, 0.3) is 0 Å². The number of hydrogen-bond donors (Lipinski definition) is 1. The molecule has 1 N–H and O–H groups in total. The number of nitrogens with one attached hydrogen (secondary N) is 1. The molecule has 0 fully saturated rings. The van der Waals surface area contributed by atoms with Gasteiger partial charge in [0, 0.05) is 15.7 Å². The lowest BCUT2D eigenvalue weighted by molar-refractivity contribution is -0.123. The molecule has 24 heavy (non-hydrogen) atoms. The first-order valence-electron chi connectivity index (χ1n) is 7.32. The van der Waals surface area contributed by atoms with Gasteiger partial charge in [-0.15, -0.1) is 11.8 Å². The highest BCUT2D eigenvalue weighted by Crippen LogP contribution is 2.37. The number of carbonyl (C=O) groups is 1. The fourth-order valence-electron chi connectivity index (χ4n) is 2.49. The molecule has 3 nitrogen and oxygen atoms in total. The molecular weight excluding hydrogens is 417 g/mol. The van der Waals surface area contributed by atoms with E-state index < -0.39 is 0 Å². The third-order valence-corrected chi connectivity index (χ3v) is 5.58. The highest BCUT2D eigenvalue weighted by Gasteiger charge is 2.22. The molecule has 2 aromatic carbocycles. The molecule has 0 saturated heterocycles. The lowest BCUT2D eigenvalue weighted by Crippen LogP contribution is -2.34. The van der Waals surface area contributed by atoms with E-state index in [1.165, 1.54) is 18.2 Å². The van der Waals surface area contributed by atoms with Gasteiger partial charge in [0.15, 0.2) is 6.61 Å². The highest BCUT2D eigenvalue weighted by atomic mass is 79.9. The molecule has 0 aromatic heterocycles. The molecule has 0 bridgehead atoms. The van der Waals surface area contributed by atoms with Crippen LogP contribution in [0.1, 0.15) is 18.0 Å². The Labute approximate surface area is 157 Å². The molecule has 1 aliphatic heterocycles. The zero-order chi connectivity index (χ0) is 17.1. The molecular formula is C17H14BrClFNO2S. The molecule has 0 saturated carbocycles. The molecule has 0 aliphatic carbocycles. The van der Waals surface area contributed by atoms with E-state index in [0.29, 0.717) is 15.2 Å². The predicted octanol–water partition coefficient (Wildman–Crippen LogP) is 4.97. The van der Waals surface area contributed by atoms with Gasteiger partial charge >= 0.3 is 0 Å². The first kappa shape index (κ1) is 17.6. The highest BCUT2D eigenvalue weighted by molar-refractivity contribution is 9.10. The van der Waals surface area contributed by atoms with Crippen molar-refractivity contribution in [2.75, 3.05) is 12.4 Å². The van der Waals surface area contributed by atoms with E-state index in [-0.39, 0.29) is 24.4 Å². The van der Waals surface area contributed by atoms with Crippen LogP contribution in [0.2, 0.25) is 5.02 Å². The third kappa shape index (κ3) is 4.23. The molecule has 1 amide bonds. The Bertz CT molecular complexity index is 774. The normalized spacial score (nSPS) is 16.4. The molecule has 1 heterocycles. The van der Waals surface area contributed by atoms with Crippen molar-refractivity contribution in [3.05, 3.63) is 57.3 Å². The SMILES string of the molecule is O=C(COc1ccc(F)cc1Br)NC1CCSc2ccc(Cl)cc21. The zero-order valence-corrected chi connectivity index (χ0v) is 15.7. The summed E-state index contributed by atoms with van der Waals surface area (Å²) in [5.41, 5.74) is 1.04. The maximum Gasteiger partial charge on any atom is 0.258 e. The molecule has 126 valence electrons. The Morgan fingerprint density at radius 2 is 2.21 bits per heavy atom. The number of fused-ring (bicyclic) bond motifs is 1. The van der Waals surface area contributed by atoms with Crippen LogP contribution in [-0.4, -0.2) is 18.3 Å². The van der Waals surface area contributed by atoms with E-state index in [2.05, 4.69) is 21.2 Å².